The van der Waals surface area contributed by atoms with Crippen LogP contribution in [0.3, 0.4) is 0 Å². The van der Waals surface area contributed by atoms with E-state index in [0.29, 0.717) is 0 Å². The molecule has 0 radical (unpaired) electrons. The van der Waals surface area contributed by atoms with Gasteiger partial charge < -0.3 is 9.47 Å². The number of nitrogens with zero attached hydrogens (tertiary/aromatic N) is 2. The number of thiol groups is 1. The zero-order chi connectivity index (χ0) is 10.6. The summed E-state index contributed by atoms with van der Waals surface area (Å²) in [5.41, 5.74) is 0. The Morgan fingerprint density at radius 2 is 1.71 bits per heavy atom. The molecule has 6 nitrogen and oxygen atoms in total. The van der Waals surface area contributed by atoms with E-state index in [1.807, 2.05) is 0 Å². The topological polar surface area (TPSA) is 78.4 Å². The summed E-state index contributed by atoms with van der Waals surface area (Å²) in [6.07, 6.45) is 0. The summed E-state index contributed by atoms with van der Waals surface area (Å²) < 4.78 is 30.6. The normalized spacial score (nSPS) is 10.2. The molecule has 0 aliphatic carbocycles. The highest BCUT2D eigenvalue weighted by molar-refractivity contribution is 7.71. The van der Waals surface area contributed by atoms with E-state index in [2.05, 4.69) is 9.97 Å². The minimum absolute atomic E-state index is 0.164. The van der Waals surface area contributed by atoms with E-state index in [1.165, 1.54) is 20.3 Å². The monoisotopic (exact) mass is 218 g/mol. The van der Waals surface area contributed by atoms with Gasteiger partial charge in [0.1, 0.15) is 16.5 Å². The quantitative estimate of drug-likeness (QED) is 0.693. The fourth-order valence-electron chi connectivity index (χ4n) is 0.845. The van der Waals surface area contributed by atoms with E-state index in [4.69, 9.17) is 9.47 Å². The predicted octanol–water partition coefficient (Wildman–Crippen LogP) is -0.395. The lowest BCUT2D eigenvalue weighted by Gasteiger charge is -2.03. The van der Waals surface area contributed by atoms with Gasteiger partial charge in [-0.05, 0) is 0 Å². The fraction of sp³-hybridized carbons (Fsp3) is 0.429. The average Bonchev–Trinajstić information content (AvgIpc) is 2.16. The Labute approximate surface area is 82.8 Å². The molecular formula is C7H10N2O4S. The minimum Gasteiger partial charge on any atom is -0.481 e. The van der Waals surface area contributed by atoms with Gasteiger partial charge in [-0.2, -0.15) is 9.97 Å². The maximum Gasteiger partial charge on any atom is 0.220 e. The first-order chi connectivity index (χ1) is 6.65. The molecule has 7 heteroatoms. The van der Waals surface area contributed by atoms with Gasteiger partial charge in [-0.15, -0.1) is 0 Å². The van der Waals surface area contributed by atoms with E-state index in [-0.39, 0.29) is 23.3 Å². The van der Waals surface area contributed by atoms with Crippen molar-refractivity contribution in [1.82, 2.24) is 9.97 Å². The highest BCUT2D eigenvalue weighted by Gasteiger charge is 2.05. The van der Waals surface area contributed by atoms with Crippen molar-refractivity contribution in [2.24, 2.45) is 0 Å². The van der Waals surface area contributed by atoms with Gasteiger partial charge in [-0.3, -0.25) is 0 Å². The van der Waals surface area contributed by atoms with Crippen molar-refractivity contribution >= 4 is 10.7 Å². The first-order valence-electron chi connectivity index (χ1n) is 3.73. The Hall–Kier alpha value is -1.37. The van der Waals surface area contributed by atoms with Crippen LogP contribution >= 0.6 is 0 Å². The molecule has 0 saturated heterocycles. The molecule has 1 heterocycles. The summed E-state index contributed by atoms with van der Waals surface area (Å²) in [7, 11) is 0.319. The summed E-state index contributed by atoms with van der Waals surface area (Å²) in [5, 5.41) is 0. The first-order valence-corrected chi connectivity index (χ1v) is 5.09. The van der Waals surface area contributed by atoms with E-state index in [9.17, 15) is 8.42 Å². The molecule has 0 aromatic carbocycles. The Morgan fingerprint density at radius 3 is 2.07 bits per heavy atom. The van der Waals surface area contributed by atoms with Crippen molar-refractivity contribution in [3.63, 3.8) is 0 Å². The van der Waals surface area contributed by atoms with Gasteiger partial charge in [-0.25, -0.2) is 8.42 Å². The summed E-state index contributed by atoms with van der Waals surface area (Å²) in [6, 6.07) is 1.47. The van der Waals surface area contributed by atoms with E-state index < -0.39 is 10.7 Å². The fourth-order valence-corrected chi connectivity index (χ4v) is 1.22. The van der Waals surface area contributed by atoms with Crippen molar-refractivity contribution in [3.8, 4) is 11.8 Å². The number of ether oxygens (including phenoxy) is 2. The molecule has 0 amide bonds. The van der Waals surface area contributed by atoms with Crippen molar-refractivity contribution in [3.05, 3.63) is 11.9 Å². The van der Waals surface area contributed by atoms with Crippen LogP contribution in [0.1, 0.15) is 5.82 Å². The zero-order valence-corrected chi connectivity index (χ0v) is 8.65. The van der Waals surface area contributed by atoms with Crippen LogP contribution in [0.4, 0.5) is 0 Å². The SMILES string of the molecule is COc1cc(OC)nc(C[SH](=O)=O)n1. The molecule has 0 fully saturated rings. The van der Waals surface area contributed by atoms with E-state index >= 15 is 0 Å². The molecule has 78 valence electrons. The Kier molecular flexibility index (Phi) is 3.63. The molecule has 0 aliphatic heterocycles. The van der Waals surface area contributed by atoms with Gasteiger partial charge in [0, 0.05) is 0 Å². The Morgan fingerprint density at radius 1 is 1.21 bits per heavy atom. The molecule has 0 saturated carbocycles. The van der Waals surface area contributed by atoms with Gasteiger partial charge >= 0.3 is 0 Å². The van der Waals surface area contributed by atoms with Crippen molar-refractivity contribution < 1.29 is 17.9 Å². The molecule has 0 spiro atoms. The number of aromatic nitrogens is 2. The molecular weight excluding hydrogens is 208 g/mol. The third-order valence-corrected chi connectivity index (χ3v) is 1.96. The average molecular weight is 218 g/mol. The van der Waals surface area contributed by atoms with Crippen LogP contribution in [0.25, 0.3) is 0 Å². The number of hydrogen-bond donors (Lipinski definition) is 1. The molecule has 1 rings (SSSR count). The Balaban J connectivity index is 3.03. The van der Waals surface area contributed by atoms with E-state index in [0.717, 1.165) is 0 Å². The van der Waals surface area contributed by atoms with Crippen molar-refractivity contribution in [1.29, 1.82) is 0 Å². The standard InChI is InChI=1S/C7H10N2O4S/c1-12-6-3-7(13-2)9-5(8-6)4-14(10)11/h3,14H,4H2,1-2H3. The van der Waals surface area contributed by atoms with Crippen LogP contribution in [-0.2, 0) is 16.5 Å². The third-order valence-electron chi connectivity index (χ3n) is 1.41. The smallest absolute Gasteiger partial charge is 0.220 e. The number of methoxy groups -OCH3 is 2. The molecule has 0 bridgehead atoms. The zero-order valence-electron chi connectivity index (χ0n) is 7.76. The maximum absolute atomic E-state index is 10.4. The third kappa shape index (κ3) is 2.84. The van der Waals surface area contributed by atoms with Crippen LogP contribution in [0, 0.1) is 0 Å². The molecule has 0 N–H and O–H groups in total. The van der Waals surface area contributed by atoms with Gasteiger partial charge in [0.2, 0.25) is 11.8 Å². The lowest BCUT2D eigenvalue weighted by molar-refractivity contribution is 0.369. The van der Waals surface area contributed by atoms with Gasteiger partial charge in [0.15, 0.2) is 5.82 Å². The van der Waals surface area contributed by atoms with Crippen LogP contribution in [-0.4, -0.2) is 32.6 Å². The van der Waals surface area contributed by atoms with Gasteiger partial charge in [-0.1, -0.05) is 0 Å². The van der Waals surface area contributed by atoms with Crippen molar-refractivity contribution in [2.75, 3.05) is 14.2 Å². The van der Waals surface area contributed by atoms with Crippen LogP contribution in [0.5, 0.6) is 11.8 Å². The van der Waals surface area contributed by atoms with Gasteiger partial charge in [0.25, 0.3) is 0 Å². The number of hydrogen-bond acceptors (Lipinski definition) is 6. The second-order valence-electron chi connectivity index (χ2n) is 2.36. The summed E-state index contributed by atoms with van der Waals surface area (Å²) in [6.45, 7) is 0. The van der Waals surface area contributed by atoms with Crippen molar-refractivity contribution in [2.45, 2.75) is 5.75 Å². The van der Waals surface area contributed by atoms with Crippen LogP contribution in [0.2, 0.25) is 0 Å². The lowest BCUT2D eigenvalue weighted by atomic mass is 10.5. The lowest BCUT2D eigenvalue weighted by Crippen LogP contribution is -2.01. The van der Waals surface area contributed by atoms with E-state index in [1.54, 1.807) is 0 Å². The molecule has 0 atom stereocenters. The highest BCUT2D eigenvalue weighted by Crippen LogP contribution is 2.14. The highest BCUT2D eigenvalue weighted by atomic mass is 32.2. The summed E-state index contributed by atoms with van der Waals surface area (Å²) in [5.74, 6) is 0.507. The van der Waals surface area contributed by atoms with Gasteiger partial charge in [0.05, 0.1) is 20.3 Å². The summed E-state index contributed by atoms with van der Waals surface area (Å²) >= 11 is 0. The predicted molar refractivity (Wildman–Crippen MR) is 49.2 cm³/mol. The maximum atomic E-state index is 10.4. The van der Waals surface area contributed by atoms with Crippen LogP contribution in [0.15, 0.2) is 6.07 Å². The second-order valence-corrected chi connectivity index (χ2v) is 3.34. The summed E-state index contributed by atoms with van der Waals surface area (Å²) in [4.78, 5) is 7.69. The minimum atomic E-state index is -2.55. The molecule has 14 heavy (non-hydrogen) atoms. The first kappa shape index (κ1) is 10.7. The molecule has 0 unspecified atom stereocenters. The molecule has 1 aromatic heterocycles. The number of rotatable bonds is 4. The van der Waals surface area contributed by atoms with Crippen LogP contribution < -0.4 is 9.47 Å². The second kappa shape index (κ2) is 4.75. The molecule has 1 aromatic rings. The molecule has 0 aliphatic rings. The largest absolute Gasteiger partial charge is 0.481 e. The Bertz CT molecular complexity index is 361.